The molecule has 0 saturated carbocycles. The summed E-state index contributed by atoms with van der Waals surface area (Å²) >= 11 is 2.40. The Bertz CT molecular complexity index is 2070. The molecule has 8 rings (SSSR count). The van der Waals surface area contributed by atoms with Crippen molar-refractivity contribution in [1.29, 1.82) is 0 Å². The van der Waals surface area contributed by atoms with Gasteiger partial charge in [-0.15, -0.1) is 0 Å². The van der Waals surface area contributed by atoms with Gasteiger partial charge in [0.2, 0.25) is 0 Å². The second-order valence-electron chi connectivity index (χ2n) is 10.3. The molecule has 2 heterocycles. The standard InChI is InChI=1S/C36H24INOSi/c37-26-12-8-10-24(22-26)25-11-9-15-28(23-25)40(27-13-2-1-3-14-27)33-19-7-6-18-32(33)39-36-34(40)21-20-31-35(36)29-16-4-5-17-30(29)38-31/h1-23,38H. The Morgan fingerprint density at radius 1 is 0.550 bits per heavy atom. The van der Waals surface area contributed by atoms with Crippen LogP contribution in [0.15, 0.2) is 140 Å². The van der Waals surface area contributed by atoms with Gasteiger partial charge in [0, 0.05) is 19.9 Å². The maximum atomic E-state index is 6.90. The summed E-state index contributed by atoms with van der Waals surface area (Å²) in [7, 11) is -2.77. The number of benzene rings is 6. The van der Waals surface area contributed by atoms with Crippen molar-refractivity contribution in [3.63, 3.8) is 0 Å². The number of ether oxygens (including phenoxy) is 1. The number of para-hydroxylation sites is 2. The second kappa shape index (κ2) is 9.22. The van der Waals surface area contributed by atoms with Crippen molar-refractivity contribution >= 4 is 73.2 Å². The van der Waals surface area contributed by atoms with Gasteiger partial charge >= 0.3 is 0 Å². The number of hydrogen-bond donors (Lipinski definition) is 1. The molecule has 1 aliphatic heterocycles. The van der Waals surface area contributed by atoms with Gasteiger partial charge in [-0.1, -0.05) is 109 Å². The summed E-state index contributed by atoms with van der Waals surface area (Å²) in [5, 5.41) is 7.63. The highest BCUT2D eigenvalue weighted by molar-refractivity contribution is 14.1. The number of fused-ring (bicyclic) bond motifs is 6. The highest BCUT2D eigenvalue weighted by Crippen LogP contribution is 2.38. The Kier molecular flexibility index (Phi) is 5.47. The van der Waals surface area contributed by atoms with Crippen LogP contribution in [0.2, 0.25) is 0 Å². The lowest BCUT2D eigenvalue weighted by atomic mass is 10.1. The Balaban J connectivity index is 1.52. The fourth-order valence-corrected chi connectivity index (χ4v) is 12.0. The molecule has 0 saturated heterocycles. The number of aromatic amines is 1. The third kappa shape index (κ3) is 3.46. The van der Waals surface area contributed by atoms with E-state index < -0.39 is 8.07 Å². The number of nitrogens with one attached hydrogen (secondary N) is 1. The zero-order valence-electron chi connectivity index (χ0n) is 21.6. The Morgan fingerprint density at radius 2 is 1.27 bits per heavy atom. The van der Waals surface area contributed by atoms with Crippen molar-refractivity contribution in [2.24, 2.45) is 0 Å². The fourth-order valence-electron chi connectivity index (χ4n) is 6.51. The van der Waals surface area contributed by atoms with Gasteiger partial charge < -0.3 is 9.72 Å². The van der Waals surface area contributed by atoms with E-state index in [1.807, 2.05) is 0 Å². The molecule has 4 heteroatoms. The van der Waals surface area contributed by atoms with Crippen molar-refractivity contribution in [2.45, 2.75) is 0 Å². The van der Waals surface area contributed by atoms with Gasteiger partial charge in [-0.05, 0) is 84.8 Å². The molecule has 0 radical (unpaired) electrons. The van der Waals surface area contributed by atoms with Gasteiger partial charge in [0.15, 0.2) is 8.07 Å². The van der Waals surface area contributed by atoms with Crippen LogP contribution < -0.4 is 25.5 Å². The van der Waals surface area contributed by atoms with Crippen molar-refractivity contribution in [1.82, 2.24) is 4.98 Å². The van der Waals surface area contributed by atoms with Crippen LogP contribution in [0.25, 0.3) is 32.9 Å². The van der Waals surface area contributed by atoms with Gasteiger partial charge in [-0.25, -0.2) is 0 Å². The van der Waals surface area contributed by atoms with Gasteiger partial charge in [-0.2, -0.15) is 0 Å². The fraction of sp³-hybridized carbons (Fsp3) is 0. The van der Waals surface area contributed by atoms with Crippen molar-refractivity contribution in [3.05, 3.63) is 143 Å². The molecular weight excluding hydrogens is 617 g/mol. The SMILES string of the molecule is Ic1cccc(-c2cccc([Si]3(c4ccccc4)c4ccccc4Oc4c3ccc3[nH]c5ccccc5c43)c2)c1. The molecule has 1 N–H and O–H groups in total. The lowest BCUT2D eigenvalue weighted by Crippen LogP contribution is -2.76. The number of aromatic nitrogens is 1. The van der Waals surface area contributed by atoms with Crippen LogP contribution in [0.3, 0.4) is 0 Å². The zero-order valence-corrected chi connectivity index (χ0v) is 24.7. The molecule has 0 aliphatic carbocycles. The molecule has 2 nitrogen and oxygen atoms in total. The summed E-state index contributed by atoms with van der Waals surface area (Å²) in [5.74, 6) is 1.92. The predicted molar refractivity (Wildman–Crippen MR) is 178 cm³/mol. The summed E-state index contributed by atoms with van der Waals surface area (Å²) < 4.78 is 8.13. The van der Waals surface area contributed by atoms with E-state index in [9.17, 15) is 0 Å². The highest BCUT2D eigenvalue weighted by atomic mass is 127. The third-order valence-electron chi connectivity index (χ3n) is 8.19. The van der Waals surface area contributed by atoms with Gasteiger partial charge in [0.1, 0.15) is 11.5 Å². The molecule has 190 valence electrons. The molecule has 1 atom stereocenters. The minimum Gasteiger partial charge on any atom is -0.457 e. The molecule has 40 heavy (non-hydrogen) atoms. The average Bonchev–Trinajstić information content (AvgIpc) is 3.40. The van der Waals surface area contributed by atoms with Gasteiger partial charge in [0.05, 0.1) is 5.52 Å². The smallest absolute Gasteiger partial charge is 0.188 e. The zero-order chi connectivity index (χ0) is 26.7. The first-order chi connectivity index (χ1) is 19.7. The Morgan fingerprint density at radius 3 is 2.15 bits per heavy atom. The number of halogens is 1. The minimum atomic E-state index is -2.77. The van der Waals surface area contributed by atoms with E-state index in [2.05, 4.69) is 167 Å². The third-order valence-corrected chi connectivity index (χ3v) is 13.7. The van der Waals surface area contributed by atoms with Crippen molar-refractivity contribution in [2.75, 3.05) is 0 Å². The van der Waals surface area contributed by atoms with E-state index in [-0.39, 0.29) is 0 Å². The highest BCUT2D eigenvalue weighted by Gasteiger charge is 2.48. The Labute approximate surface area is 247 Å². The van der Waals surface area contributed by atoms with Gasteiger partial charge in [-0.3, -0.25) is 0 Å². The molecule has 0 fully saturated rings. The summed E-state index contributed by atoms with van der Waals surface area (Å²) in [6.07, 6.45) is 0. The number of hydrogen-bond acceptors (Lipinski definition) is 1. The van der Waals surface area contributed by atoms with Crippen LogP contribution >= 0.6 is 22.6 Å². The summed E-state index contributed by atoms with van der Waals surface area (Å²) in [4.78, 5) is 3.63. The molecule has 0 bridgehead atoms. The first-order valence-corrected chi connectivity index (χ1v) is 16.5. The molecule has 0 spiro atoms. The largest absolute Gasteiger partial charge is 0.457 e. The van der Waals surface area contributed by atoms with E-state index in [0.29, 0.717) is 0 Å². The molecular formula is C36H24INOSi. The quantitative estimate of drug-likeness (QED) is 0.162. The van der Waals surface area contributed by atoms with E-state index >= 15 is 0 Å². The molecule has 0 amide bonds. The van der Waals surface area contributed by atoms with E-state index in [0.717, 1.165) is 27.9 Å². The minimum absolute atomic E-state index is 0.947. The summed E-state index contributed by atoms with van der Waals surface area (Å²) in [5.41, 5.74) is 4.69. The lowest BCUT2D eigenvalue weighted by Gasteiger charge is -2.40. The van der Waals surface area contributed by atoms with Crippen LogP contribution in [-0.2, 0) is 0 Å². The van der Waals surface area contributed by atoms with E-state index in [1.54, 1.807) is 0 Å². The average molecular weight is 642 g/mol. The second-order valence-corrected chi connectivity index (χ2v) is 15.3. The van der Waals surface area contributed by atoms with Crippen LogP contribution in [0.1, 0.15) is 0 Å². The van der Waals surface area contributed by atoms with Crippen LogP contribution in [-0.4, -0.2) is 13.1 Å². The Hall–Kier alpha value is -4.13. The lowest BCUT2D eigenvalue weighted by molar-refractivity contribution is 0.493. The summed E-state index contributed by atoms with van der Waals surface area (Å²) in [6, 6.07) is 50.8. The normalized spacial score (nSPS) is 15.9. The van der Waals surface area contributed by atoms with Crippen molar-refractivity contribution in [3.8, 4) is 22.6 Å². The van der Waals surface area contributed by atoms with Crippen LogP contribution in [0.5, 0.6) is 11.5 Å². The van der Waals surface area contributed by atoms with Crippen LogP contribution in [0.4, 0.5) is 0 Å². The monoisotopic (exact) mass is 641 g/mol. The van der Waals surface area contributed by atoms with E-state index in [4.69, 9.17) is 4.74 Å². The maximum Gasteiger partial charge on any atom is 0.188 e. The predicted octanol–water partition coefficient (Wildman–Crippen LogP) is 7.08. The van der Waals surface area contributed by atoms with Gasteiger partial charge in [0.25, 0.3) is 0 Å². The van der Waals surface area contributed by atoms with Crippen molar-refractivity contribution < 1.29 is 4.74 Å². The maximum absolute atomic E-state index is 6.90. The number of rotatable bonds is 3. The molecule has 1 aromatic heterocycles. The topological polar surface area (TPSA) is 25.0 Å². The number of H-pyrrole nitrogens is 1. The molecule has 7 aromatic rings. The molecule has 6 aromatic carbocycles. The van der Waals surface area contributed by atoms with E-state index in [1.165, 1.54) is 40.8 Å². The first-order valence-electron chi connectivity index (χ1n) is 13.5. The first kappa shape index (κ1) is 23.7. The molecule has 1 unspecified atom stereocenters. The summed E-state index contributed by atoms with van der Waals surface area (Å²) in [6.45, 7) is 0. The van der Waals surface area contributed by atoms with Crippen LogP contribution in [0, 0.1) is 3.57 Å². The molecule has 1 aliphatic rings.